The molecule has 0 amide bonds. The van der Waals surface area contributed by atoms with Crippen molar-refractivity contribution in [2.45, 2.75) is 171 Å². The third-order valence-corrected chi connectivity index (χ3v) is 15.8. The van der Waals surface area contributed by atoms with Crippen molar-refractivity contribution in [3.05, 3.63) is 11.6 Å². The standard InChI is InChI=1S/C39H62O14/c1-16-15-48-39(13-25(16)50-36-34(47)32(45)30(43)26(14-40)51-36)17(2)28-24(53-39)12-23-21-7-6-19-10-20(41)11-27(38(19,5)22(21)8-9-37(23,28)4)52-35-33(46)31(44)29(42)18(3)49-35/h6,16-18,20-36,40-47H,7-15H2,1-5H3/t16-,17+,18-,20-,21-,22+,23+,24?,25+,26+,27-,28?,29+,30-,31+,32+,33-,34-,35+,36-,37+,38+,39-/m1/s1. The molecule has 14 nitrogen and oxygen atoms in total. The van der Waals surface area contributed by atoms with Gasteiger partial charge in [-0.3, -0.25) is 0 Å². The number of hydrogen-bond donors (Lipinski definition) is 8. The zero-order valence-electron chi connectivity index (χ0n) is 31.5. The van der Waals surface area contributed by atoms with Gasteiger partial charge < -0.3 is 69.3 Å². The second-order valence-corrected chi connectivity index (χ2v) is 18.5. The summed E-state index contributed by atoms with van der Waals surface area (Å²) in [4.78, 5) is 0. The molecule has 4 saturated heterocycles. The lowest BCUT2D eigenvalue weighted by atomic mass is 9.46. The minimum atomic E-state index is -1.52. The largest absolute Gasteiger partial charge is 0.394 e. The van der Waals surface area contributed by atoms with Crippen molar-refractivity contribution in [3.63, 3.8) is 0 Å². The van der Waals surface area contributed by atoms with Crippen LogP contribution in [0.15, 0.2) is 11.6 Å². The van der Waals surface area contributed by atoms with E-state index in [1.807, 2.05) is 6.92 Å². The van der Waals surface area contributed by atoms with Gasteiger partial charge in [-0.1, -0.05) is 39.3 Å². The zero-order chi connectivity index (χ0) is 37.9. The number of allylic oxidation sites excluding steroid dienone is 1. The molecule has 4 heterocycles. The molecule has 14 heteroatoms. The lowest BCUT2D eigenvalue weighted by Gasteiger charge is -2.60. The first-order valence-electron chi connectivity index (χ1n) is 20.0. The van der Waals surface area contributed by atoms with E-state index in [0.717, 1.165) is 25.7 Å². The number of aliphatic hydroxyl groups is 8. The van der Waals surface area contributed by atoms with Gasteiger partial charge in [-0.15, -0.1) is 0 Å². The SMILES string of the molecule is C[C@@H]1CO[C@]2(C[C@@H]1O[C@@H]1O[C@@H](CO)[C@@H](O)[C@H](O)[C@H]1O)OC1C[C@H]3[C@@H]4CC=C5C[C@@H](O)C[C@@H](O[C@@H]6O[C@H](C)[C@H](O)[C@H](O)[C@H]6O)[C@]5(C)[C@H]4CC[C@]3(C)C1[C@@H]2C. The second-order valence-electron chi connectivity index (χ2n) is 18.5. The van der Waals surface area contributed by atoms with Gasteiger partial charge in [0.15, 0.2) is 18.4 Å². The van der Waals surface area contributed by atoms with Crippen LogP contribution in [0.1, 0.15) is 79.6 Å². The molecule has 8 rings (SSSR count). The van der Waals surface area contributed by atoms with Crippen molar-refractivity contribution in [2.75, 3.05) is 13.2 Å². The van der Waals surface area contributed by atoms with E-state index in [1.165, 1.54) is 5.57 Å². The van der Waals surface area contributed by atoms with Gasteiger partial charge in [-0.2, -0.15) is 0 Å². The molecule has 4 aliphatic heterocycles. The van der Waals surface area contributed by atoms with Gasteiger partial charge in [0.25, 0.3) is 0 Å². The van der Waals surface area contributed by atoms with Crippen LogP contribution in [-0.4, -0.2) is 146 Å². The fraction of sp³-hybridized carbons (Fsp3) is 0.949. The molecule has 0 radical (unpaired) electrons. The Morgan fingerprint density at radius 3 is 2.25 bits per heavy atom. The Hall–Kier alpha value is -0.820. The van der Waals surface area contributed by atoms with E-state index >= 15 is 0 Å². The molecule has 302 valence electrons. The van der Waals surface area contributed by atoms with Gasteiger partial charge in [0.2, 0.25) is 0 Å². The molecular formula is C39H62O14. The Bertz CT molecular complexity index is 1380. The molecule has 3 saturated carbocycles. The van der Waals surface area contributed by atoms with Gasteiger partial charge in [-0.25, -0.2) is 0 Å². The predicted molar refractivity (Wildman–Crippen MR) is 184 cm³/mol. The highest BCUT2D eigenvalue weighted by atomic mass is 16.7. The maximum Gasteiger partial charge on any atom is 0.186 e. The summed E-state index contributed by atoms with van der Waals surface area (Å²) < 4.78 is 38.2. The van der Waals surface area contributed by atoms with E-state index in [1.54, 1.807) is 6.92 Å². The van der Waals surface area contributed by atoms with Crippen molar-refractivity contribution in [2.24, 2.45) is 46.3 Å². The fourth-order valence-electron chi connectivity index (χ4n) is 12.7. The summed E-state index contributed by atoms with van der Waals surface area (Å²) in [5.74, 6) is 0.284. The van der Waals surface area contributed by atoms with Crippen LogP contribution in [-0.2, 0) is 28.4 Å². The summed E-state index contributed by atoms with van der Waals surface area (Å²) >= 11 is 0. The fourth-order valence-corrected chi connectivity index (χ4v) is 12.7. The molecule has 0 aromatic carbocycles. The van der Waals surface area contributed by atoms with Crippen LogP contribution >= 0.6 is 0 Å². The van der Waals surface area contributed by atoms with Crippen LogP contribution in [0.5, 0.6) is 0 Å². The van der Waals surface area contributed by atoms with Gasteiger partial charge in [0.1, 0.15) is 42.7 Å². The summed E-state index contributed by atoms with van der Waals surface area (Å²) in [5, 5.41) is 83.8. The van der Waals surface area contributed by atoms with Crippen LogP contribution < -0.4 is 0 Å². The molecule has 8 aliphatic rings. The van der Waals surface area contributed by atoms with Gasteiger partial charge in [-0.05, 0) is 68.1 Å². The van der Waals surface area contributed by atoms with Crippen LogP contribution in [0.3, 0.4) is 0 Å². The van der Waals surface area contributed by atoms with Crippen LogP contribution in [0.4, 0.5) is 0 Å². The van der Waals surface area contributed by atoms with E-state index in [-0.39, 0.29) is 35.2 Å². The van der Waals surface area contributed by atoms with E-state index in [0.29, 0.717) is 37.7 Å². The van der Waals surface area contributed by atoms with Crippen LogP contribution in [0.25, 0.3) is 0 Å². The van der Waals surface area contributed by atoms with E-state index < -0.39 is 97.5 Å². The molecule has 2 unspecified atom stereocenters. The molecule has 7 fully saturated rings. The minimum Gasteiger partial charge on any atom is -0.394 e. The summed E-state index contributed by atoms with van der Waals surface area (Å²) in [6.45, 7) is 10.4. The van der Waals surface area contributed by atoms with E-state index in [4.69, 9.17) is 28.4 Å². The third kappa shape index (κ3) is 5.95. The van der Waals surface area contributed by atoms with Crippen molar-refractivity contribution in [1.29, 1.82) is 0 Å². The number of hydrogen-bond acceptors (Lipinski definition) is 14. The molecule has 1 spiro atoms. The Labute approximate surface area is 311 Å². The van der Waals surface area contributed by atoms with Crippen LogP contribution in [0.2, 0.25) is 0 Å². The summed E-state index contributed by atoms with van der Waals surface area (Å²) in [7, 11) is 0. The Morgan fingerprint density at radius 1 is 0.830 bits per heavy atom. The van der Waals surface area contributed by atoms with Crippen molar-refractivity contribution in [3.8, 4) is 0 Å². The molecule has 53 heavy (non-hydrogen) atoms. The summed E-state index contributed by atoms with van der Waals surface area (Å²) in [6.07, 6.45) is -6.75. The number of ether oxygens (including phenoxy) is 6. The lowest BCUT2D eigenvalue weighted by Crippen LogP contribution is -2.61. The smallest absolute Gasteiger partial charge is 0.186 e. The molecule has 23 atom stereocenters. The van der Waals surface area contributed by atoms with E-state index in [9.17, 15) is 40.9 Å². The van der Waals surface area contributed by atoms with Gasteiger partial charge in [0.05, 0.1) is 43.7 Å². The lowest BCUT2D eigenvalue weighted by molar-refractivity contribution is -0.344. The Balaban J connectivity index is 1.000. The zero-order valence-corrected chi connectivity index (χ0v) is 31.5. The summed E-state index contributed by atoms with van der Waals surface area (Å²) in [5.41, 5.74) is 0.737. The first-order chi connectivity index (χ1) is 25.0. The molecule has 4 aliphatic carbocycles. The third-order valence-electron chi connectivity index (χ3n) is 15.8. The highest BCUT2D eigenvalue weighted by Crippen LogP contribution is 2.71. The topological polar surface area (TPSA) is 217 Å². The average molecular weight is 755 g/mol. The van der Waals surface area contributed by atoms with Gasteiger partial charge in [0, 0.05) is 30.1 Å². The first kappa shape index (κ1) is 39.0. The molecule has 0 aromatic rings. The normalized spacial score (nSPS) is 59.5. The van der Waals surface area contributed by atoms with Gasteiger partial charge >= 0.3 is 0 Å². The maximum atomic E-state index is 11.0. The van der Waals surface area contributed by atoms with E-state index in [2.05, 4.69) is 26.8 Å². The predicted octanol–water partition coefficient (Wildman–Crippen LogP) is 0.332. The number of fused-ring (bicyclic) bond motifs is 7. The molecular weight excluding hydrogens is 692 g/mol. The minimum absolute atomic E-state index is 0.0284. The highest BCUT2D eigenvalue weighted by Gasteiger charge is 2.70. The highest BCUT2D eigenvalue weighted by molar-refractivity contribution is 5.29. The van der Waals surface area contributed by atoms with Crippen molar-refractivity contribution < 1.29 is 69.3 Å². The maximum absolute atomic E-state index is 11.0. The average Bonchev–Trinajstić information content (AvgIpc) is 3.57. The molecule has 0 aromatic heterocycles. The van der Waals surface area contributed by atoms with Crippen molar-refractivity contribution in [1.82, 2.24) is 0 Å². The first-order valence-corrected chi connectivity index (χ1v) is 20.0. The second kappa shape index (κ2) is 13.9. The molecule has 8 N–H and O–H groups in total. The number of aliphatic hydroxyl groups excluding tert-OH is 8. The van der Waals surface area contributed by atoms with Crippen LogP contribution in [0, 0.1) is 46.3 Å². The quantitative estimate of drug-likeness (QED) is 0.178. The Morgan fingerprint density at radius 2 is 1.53 bits per heavy atom. The monoisotopic (exact) mass is 754 g/mol. The number of rotatable bonds is 5. The summed E-state index contributed by atoms with van der Waals surface area (Å²) in [6, 6.07) is 0. The Kier molecular flexibility index (Phi) is 10.3. The van der Waals surface area contributed by atoms with Crippen molar-refractivity contribution >= 4 is 0 Å². The molecule has 0 bridgehead atoms.